The van der Waals surface area contributed by atoms with Crippen molar-refractivity contribution in [2.45, 2.75) is 13.8 Å². The fourth-order valence-corrected chi connectivity index (χ4v) is 1.53. The Kier molecular flexibility index (Phi) is 1.44. The molecule has 0 bridgehead atoms. The molecule has 0 aliphatic heterocycles. The van der Waals surface area contributed by atoms with Crippen molar-refractivity contribution < 1.29 is 19.8 Å². The number of carboxylic acids is 2. The highest BCUT2D eigenvalue weighted by Crippen LogP contribution is 2.58. The second-order valence-corrected chi connectivity index (χ2v) is 3.19. The van der Waals surface area contributed by atoms with E-state index < -0.39 is 23.3 Å². The van der Waals surface area contributed by atoms with Gasteiger partial charge in [-0.15, -0.1) is 0 Å². The number of hydrogen-bond donors (Lipinski definition) is 2. The van der Waals surface area contributed by atoms with Crippen molar-refractivity contribution in [2.24, 2.45) is 17.3 Å². The van der Waals surface area contributed by atoms with E-state index in [9.17, 15) is 9.59 Å². The van der Waals surface area contributed by atoms with E-state index in [1.54, 1.807) is 6.92 Å². The van der Waals surface area contributed by atoms with Crippen LogP contribution in [0.4, 0.5) is 0 Å². The largest absolute Gasteiger partial charge is 0.481 e. The first kappa shape index (κ1) is 8.04. The van der Waals surface area contributed by atoms with Gasteiger partial charge < -0.3 is 10.2 Å². The zero-order valence-corrected chi connectivity index (χ0v) is 6.37. The van der Waals surface area contributed by atoms with Gasteiger partial charge in [0.15, 0.2) is 0 Å². The van der Waals surface area contributed by atoms with Crippen LogP contribution < -0.4 is 0 Å². The summed E-state index contributed by atoms with van der Waals surface area (Å²) in [6.45, 7) is 3.12. The van der Waals surface area contributed by atoms with Gasteiger partial charge in [0.1, 0.15) is 0 Å². The fourth-order valence-electron chi connectivity index (χ4n) is 1.53. The Balaban J connectivity index is 2.81. The van der Waals surface area contributed by atoms with Crippen molar-refractivity contribution in [3.63, 3.8) is 0 Å². The Morgan fingerprint density at radius 2 is 1.82 bits per heavy atom. The molecule has 0 aromatic heterocycles. The summed E-state index contributed by atoms with van der Waals surface area (Å²) in [5, 5.41) is 17.2. The molecule has 1 aliphatic rings. The van der Waals surface area contributed by atoms with Crippen molar-refractivity contribution in [3.05, 3.63) is 0 Å². The molecule has 3 atom stereocenters. The molecular formula is C7H10O4. The molecule has 0 aromatic carbocycles. The van der Waals surface area contributed by atoms with Crippen LogP contribution in [0.1, 0.15) is 13.8 Å². The lowest BCUT2D eigenvalue weighted by Crippen LogP contribution is -2.17. The third-order valence-corrected chi connectivity index (χ3v) is 2.71. The summed E-state index contributed by atoms with van der Waals surface area (Å²) >= 11 is 0. The molecule has 62 valence electrons. The smallest absolute Gasteiger partial charge is 0.310 e. The Hall–Kier alpha value is -1.06. The quantitative estimate of drug-likeness (QED) is 0.611. The molecule has 0 heterocycles. The van der Waals surface area contributed by atoms with Gasteiger partial charge in [0.05, 0.1) is 11.3 Å². The number of aliphatic carboxylic acids is 2. The summed E-state index contributed by atoms with van der Waals surface area (Å²) in [6.07, 6.45) is 0. The molecule has 0 radical (unpaired) electrons. The predicted molar refractivity (Wildman–Crippen MR) is 36.0 cm³/mol. The monoisotopic (exact) mass is 158 g/mol. The molecule has 1 fully saturated rings. The van der Waals surface area contributed by atoms with Crippen LogP contribution >= 0.6 is 0 Å². The van der Waals surface area contributed by atoms with Gasteiger partial charge >= 0.3 is 11.9 Å². The maximum Gasteiger partial charge on any atom is 0.310 e. The highest BCUT2D eigenvalue weighted by molar-refractivity contribution is 5.89. The zero-order chi connectivity index (χ0) is 8.81. The third-order valence-electron chi connectivity index (χ3n) is 2.71. The van der Waals surface area contributed by atoms with Crippen LogP contribution in [-0.2, 0) is 9.59 Å². The van der Waals surface area contributed by atoms with Crippen molar-refractivity contribution in [3.8, 4) is 0 Å². The third kappa shape index (κ3) is 0.818. The molecule has 0 amide bonds. The number of hydrogen-bond acceptors (Lipinski definition) is 2. The minimum absolute atomic E-state index is 0.252. The van der Waals surface area contributed by atoms with Crippen LogP contribution in [0.2, 0.25) is 0 Å². The summed E-state index contributed by atoms with van der Waals surface area (Å²) in [4.78, 5) is 21.0. The van der Waals surface area contributed by atoms with Gasteiger partial charge in [-0.3, -0.25) is 9.59 Å². The van der Waals surface area contributed by atoms with E-state index in [2.05, 4.69) is 0 Å². The van der Waals surface area contributed by atoms with Crippen molar-refractivity contribution in [2.75, 3.05) is 0 Å². The van der Waals surface area contributed by atoms with E-state index in [1.165, 1.54) is 6.92 Å². The van der Waals surface area contributed by atoms with Crippen LogP contribution in [-0.4, -0.2) is 22.2 Å². The van der Waals surface area contributed by atoms with E-state index >= 15 is 0 Å². The van der Waals surface area contributed by atoms with E-state index in [0.717, 1.165) is 0 Å². The number of rotatable bonds is 2. The lowest BCUT2D eigenvalue weighted by Gasteiger charge is -2.00. The van der Waals surface area contributed by atoms with Gasteiger partial charge in [-0.2, -0.15) is 0 Å². The number of carboxylic acid groups (broad SMARTS) is 2. The first-order valence-electron chi connectivity index (χ1n) is 3.38. The van der Waals surface area contributed by atoms with Crippen molar-refractivity contribution in [1.82, 2.24) is 0 Å². The Morgan fingerprint density at radius 1 is 1.36 bits per heavy atom. The standard InChI is InChI=1S/C7H10O4/c1-3-4(5(8)9)7(3,2)6(10)11/h3-4H,1-2H3,(H,8,9)(H,10,11)/t3-,4-,7?/m1/s1. The summed E-state index contributed by atoms with van der Waals surface area (Å²) < 4.78 is 0. The van der Waals surface area contributed by atoms with Crippen LogP contribution in [0.15, 0.2) is 0 Å². The molecule has 0 saturated heterocycles. The molecule has 1 rings (SSSR count). The highest BCUT2D eigenvalue weighted by atomic mass is 16.4. The maximum atomic E-state index is 10.5. The molecule has 0 aromatic rings. The zero-order valence-electron chi connectivity index (χ0n) is 6.37. The Morgan fingerprint density at radius 3 is 1.91 bits per heavy atom. The first-order chi connectivity index (χ1) is 4.92. The van der Waals surface area contributed by atoms with Crippen LogP contribution in [0.3, 0.4) is 0 Å². The van der Waals surface area contributed by atoms with Gasteiger partial charge in [0, 0.05) is 0 Å². The first-order valence-corrected chi connectivity index (χ1v) is 3.38. The molecule has 11 heavy (non-hydrogen) atoms. The SMILES string of the molecule is C[C@@H]1[C@H](C(=O)O)C1(C)C(=O)O. The normalized spacial score (nSPS) is 41.6. The van der Waals surface area contributed by atoms with E-state index in [-0.39, 0.29) is 5.92 Å². The van der Waals surface area contributed by atoms with E-state index in [4.69, 9.17) is 10.2 Å². The lowest BCUT2D eigenvalue weighted by atomic mass is 10.1. The van der Waals surface area contributed by atoms with Crippen LogP contribution in [0.25, 0.3) is 0 Å². The second kappa shape index (κ2) is 1.96. The molecule has 4 nitrogen and oxygen atoms in total. The molecule has 4 heteroatoms. The van der Waals surface area contributed by atoms with Crippen molar-refractivity contribution in [1.29, 1.82) is 0 Å². The van der Waals surface area contributed by atoms with Gasteiger partial charge in [-0.1, -0.05) is 6.92 Å². The van der Waals surface area contributed by atoms with E-state index in [0.29, 0.717) is 0 Å². The minimum atomic E-state index is -1.04. The second-order valence-electron chi connectivity index (χ2n) is 3.19. The highest BCUT2D eigenvalue weighted by Gasteiger charge is 2.68. The molecule has 1 saturated carbocycles. The van der Waals surface area contributed by atoms with Crippen LogP contribution in [0, 0.1) is 17.3 Å². The Bertz CT molecular complexity index is 222. The summed E-state index contributed by atoms with van der Waals surface area (Å²) in [6, 6.07) is 0. The van der Waals surface area contributed by atoms with Gasteiger partial charge in [0.2, 0.25) is 0 Å². The molecule has 1 unspecified atom stereocenters. The average Bonchev–Trinajstić information content (AvgIpc) is 2.37. The summed E-state index contributed by atoms with van der Waals surface area (Å²) in [5.74, 6) is -2.99. The average molecular weight is 158 g/mol. The fraction of sp³-hybridized carbons (Fsp3) is 0.714. The Labute approximate surface area is 63.8 Å². The topological polar surface area (TPSA) is 74.6 Å². The molecule has 2 N–H and O–H groups in total. The van der Waals surface area contributed by atoms with Crippen LogP contribution in [0.5, 0.6) is 0 Å². The minimum Gasteiger partial charge on any atom is -0.481 e. The van der Waals surface area contributed by atoms with E-state index in [1.807, 2.05) is 0 Å². The van der Waals surface area contributed by atoms with Gasteiger partial charge in [0.25, 0.3) is 0 Å². The van der Waals surface area contributed by atoms with Gasteiger partial charge in [-0.25, -0.2) is 0 Å². The van der Waals surface area contributed by atoms with Crippen molar-refractivity contribution >= 4 is 11.9 Å². The number of carbonyl (C=O) groups is 2. The lowest BCUT2D eigenvalue weighted by molar-refractivity contribution is -0.148. The predicted octanol–water partition coefficient (Wildman–Crippen LogP) is 0.428. The summed E-state index contributed by atoms with van der Waals surface area (Å²) in [5.41, 5.74) is -1.04. The van der Waals surface area contributed by atoms with Gasteiger partial charge in [-0.05, 0) is 12.8 Å². The molecule has 1 aliphatic carbocycles. The molecule has 0 spiro atoms. The maximum absolute atomic E-state index is 10.5. The molecular weight excluding hydrogens is 148 g/mol. The summed E-state index contributed by atoms with van der Waals surface area (Å²) in [7, 11) is 0.